The highest BCUT2D eigenvalue weighted by molar-refractivity contribution is 7.00. The third-order valence-electron chi connectivity index (χ3n) is 16.0. The predicted molar refractivity (Wildman–Crippen MR) is 297 cm³/mol. The average Bonchev–Trinajstić information content (AvgIpc) is 3.29. The molecule has 0 bridgehead atoms. The Bertz CT molecular complexity index is 3020. The van der Waals surface area contributed by atoms with E-state index in [9.17, 15) is 0 Å². The summed E-state index contributed by atoms with van der Waals surface area (Å²) in [7, 11) is 0. The Balaban J connectivity index is 1.42. The molecule has 68 heavy (non-hydrogen) atoms. The Morgan fingerprint density at radius 2 is 0.926 bits per heavy atom. The molecule has 2 nitrogen and oxygen atoms in total. The third kappa shape index (κ3) is 7.64. The first-order valence-corrected chi connectivity index (χ1v) is 25.5. The zero-order chi connectivity index (χ0) is 48.5. The molecule has 0 unspecified atom stereocenters. The van der Waals surface area contributed by atoms with Gasteiger partial charge in [0, 0.05) is 39.6 Å². The van der Waals surface area contributed by atoms with Gasteiger partial charge in [-0.3, -0.25) is 0 Å². The zero-order valence-corrected chi connectivity index (χ0v) is 43.7. The highest BCUT2D eigenvalue weighted by atomic mass is 15.2. The molecule has 0 radical (unpaired) electrons. The van der Waals surface area contributed by atoms with Crippen molar-refractivity contribution in [2.75, 3.05) is 9.80 Å². The fourth-order valence-electron chi connectivity index (χ4n) is 11.5. The monoisotopic (exact) mass is 893 g/mol. The Labute approximate surface area is 409 Å². The molecule has 7 aromatic rings. The summed E-state index contributed by atoms with van der Waals surface area (Å²) in [5.74, 6) is 0.293. The van der Waals surface area contributed by atoms with E-state index in [-0.39, 0.29) is 33.8 Å². The summed E-state index contributed by atoms with van der Waals surface area (Å²) in [6.07, 6.45) is 2.31. The van der Waals surface area contributed by atoms with Crippen molar-refractivity contribution in [2.24, 2.45) is 0 Å². The molecule has 2 aliphatic heterocycles. The molecular weight excluding hydrogens is 820 g/mol. The van der Waals surface area contributed by atoms with Gasteiger partial charge in [0.2, 0.25) is 0 Å². The summed E-state index contributed by atoms with van der Waals surface area (Å²) in [6, 6.07) is 54.8. The second-order valence-electron chi connectivity index (χ2n) is 25.2. The van der Waals surface area contributed by atoms with Crippen LogP contribution in [0, 0.1) is 0 Å². The van der Waals surface area contributed by atoms with E-state index in [1.807, 2.05) is 0 Å². The molecular formula is C65H73BN2. The Hall–Kier alpha value is -5.80. The van der Waals surface area contributed by atoms with E-state index in [2.05, 4.69) is 253 Å². The van der Waals surface area contributed by atoms with Gasteiger partial charge in [0.15, 0.2) is 0 Å². The number of fused-ring (bicyclic) bond motifs is 5. The van der Waals surface area contributed by atoms with Crippen LogP contribution in [0.4, 0.5) is 34.1 Å². The lowest BCUT2D eigenvalue weighted by Crippen LogP contribution is -2.62. The van der Waals surface area contributed by atoms with Gasteiger partial charge in [0.05, 0.1) is 5.69 Å². The van der Waals surface area contributed by atoms with E-state index in [1.54, 1.807) is 0 Å². The smallest absolute Gasteiger partial charge is 0.252 e. The molecule has 0 fully saturated rings. The molecule has 1 aliphatic carbocycles. The molecule has 3 aliphatic rings. The minimum absolute atomic E-state index is 0.00944. The Morgan fingerprint density at radius 3 is 1.43 bits per heavy atom. The second kappa shape index (κ2) is 15.9. The standard InChI is InChI=1S/C65H73BN2/c1-41(2)44-34-57-59-58(35-44)68(60-49(42-22-18-16-19-23-42)36-47(63(9,10)11)37-50(60)43-24-20-17-21-25-43)56-40-52-51(64(12,13)32-33-65(52,14)15)39-54(56)66(59)53-38-46(62(6,7)8)28-31-55(53)67(57)48-29-26-45(27-30-48)61(3,4)5/h16-31,34-41H,32-33H2,1-15H3. The molecule has 0 spiro atoms. The zero-order valence-electron chi connectivity index (χ0n) is 43.7. The van der Waals surface area contributed by atoms with Crippen molar-refractivity contribution in [2.45, 2.75) is 150 Å². The predicted octanol–water partition coefficient (Wildman–Crippen LogP) is 16.5. The minimum Gasteiger partial charge on any atom is -0.311 e. The molecule has 0 N–H and O–H groups in total. The summed E-state index contributed by atoms with van der Waals surface area (Å²) < 4.78 is 0. The van der Waals surface area contributed by atoms with Gasteiger partial charge in [-0.25, -0.2) is 0 Å². The maximum atomic E-state index is 2.76. The number of hydrogen-bond acceptors (Lipinski definition) is 2. The van der Waals surface area contributed by atoms with Crippen LogP contribution in [-0.4, -0.2) is 6.71 Å². The van der Waals surface area contributed by atoms with Crippen molar-refractivity contribution in [1.82, 2.24) is 0 Å². The molecule has 2 heterocycles. The summed E-state index contributed by atoms with van der Waals surface area (Å²) in [6.45, 7) is 35.8. The molecule has 0 atom stereocenters. The van der Waals surface area contributed by atoms with E-state index in [1.165, 1.54) is 106 Å². The first-order valence-electron chi connectivity index (χ1n) is 25.5. The van der Waals surface area contributed by atoms with Crippen LogP contribution in [0.15, 0.2) is 140 Å². The van der Waals surface area contributed by atoms with E-state index in [0.29, 0.717) is 5.92 Å². The molecule has 7 aromatic carbocycles. The average molecular weight is 893 g/mol. The van der Waals surface area contributed by atoms with Gasteiger partial charge in [0.1, 0.15) is 0 Å². The summed E-state index contributed by atoms with van der Waals surface area (Å²) in [5, 5.41) is 0. The van der Waals surface area contributed by atoms with Crippen LogP contribution >= 0.6 is 0 Å². The molecule has 10 rings (SSSR count). The van der Waals surface area contributed by atoms with Gasteiger partial charge < -0.3 is 9.80 Å². The van der Waals surface area contributed by atoms with Crippen molar-refractivity contribution in [1.29, 1.82) is 0 Å². The first-order chi connectivity index (χ1) is 31.9. The summed E-state index contributed by atoms with van der Waals surface area (Å²) in [4.78, 5) is 5.37. The van der Waals surface area contributed by atoms with Crippen LogP contribution in [0.25, 0.3) is 22.3 Å². The molecule has 0 aromatic heterocycles. The van der Waals surface area contributed by atoms with Crippen molar-refractivity contribution >= 4 is 57.2 Å². The number of nitrogens with zero attached hydrogens (tertiary/aromatic N) is 2. The normalized spacial score (nSPS) is 16.0. The van der Waals surface area contributed by atoms with Gasteiger partial charge in [-0.1, -0.05) is 195 Å². The van der Waals surface area contributed by atoms with Gasteiger partial charge in [0.25, 0.3) is 6.71 Å². The van der Waals surface area contributed by atoms with Crippen LogP contribution in [0.5, 0.6) is 0 Å². The molecule has 0 saturated carbocycles. The summed E-state index contributed by atoms with van der Waals surface area (Å²) in [5.41, 5.74) is 25.0. The quantitative estimate of drug-likeness (QED) is 0.159. The van der Waals surface area contributed by atoms with E-state index < -0.39 is 0 Å². The van der Waals surface area contributed by atoms with E-state index >= 15 is 0 Å². The maximum Gasteiger partial charge on any atom is 0.252 e. The SMILES string of the molecule is CC(C)c1cc2c3c(c1)N(c1c(-c4ccccc4)cc(C(C)(C)C)cc1-c1ccccc1)c1cc4c(cc1B3c1cc(C(C)(C)C)ccc1N2c1ccc(C(C)(C)C)cc1)C(C)(C)CCC4(C)C. The molecule has 0 amide bonds. The number of benzene rings is 7. The number of hydrogen-bond donors (Lipinski definition) is 0. The maximum absolute atomic E-state index is 2.76. The fraction of sp³-hybridized carbons (Fsp3) is 0.354. The largest absolute Gasteiger partial charge is 0.311 e. The van der Waals surface area contributed by atoms with E-state index in [0.717, 1.165) is 12.8 Å². The van der Waals surface area contributed by atoms with Crippen LogP contribution in [0.3, 0.4) is 0 Å². The van der Waals surface area contributed by atoms with Crippen LogP contribution in [0.1, 0.15) is 156 Å². The lowest BCUT2D eigenvalue weighted by atomic mass is 9.33. The van der Waals surface area contributed by atoms with Gasteiger partial charge >= 0.3 is 0 Å². The molecule has 346 valence electrons. The lowest BCUT2D eigenvalue weighted by Gasteiger charge is -2.48. The molecule has 0 saturated heterocycles. The van der Waals surface area contributed by atoms with Gasteiger partial charge in [-0.2, -0.15) is 0 Å². The van der Waals surface area contributed by atoms with Crippen LogP contribution in [-0.2, 0) is 27.1 Å². The first kappa shape index (κ1) is 46.0. The van der Waals surface area contributed by atoms with Crippen molar-refractivity contribution in [3.8, 4) is 22.3 Å². The molecule has 3 heteroatoms. The Kier molecular flexibility index (Phi) is 10.7. The van der Waals surface area contributed by atoms with Crippen LogP contribution in [0.2, 0.25) is 0 Å². The second-order valence-corrected chi connectivity index (χ2v) is 25.2. The van der Waals surface area contributed by atoms with Crippen molar-refractivity contribution in [3.63, 3.8) is 0 Å². The van der Waals surface area contributed by atoms with Crippen molar-refractivity contribution in [3.05, 3.63) is 173 Å². The van der Waals surface area contributed by atoms with Crippen molar-refractivity contribution < 1.29 is 0 Å². The van der Waals surface area contributed by atoms with Gasteiger partial charge in [-0.15, -0.1) is 0 Å². The number of anilines is 6. The fourth-order valence-corrected chi connectivity index (χ4v) is 11.5. The Morgan fingerprint density at radius 1 is 0.456 bits per heavy atom. The van der Waals surface area contributed by atoms with Gasteiger partial charge in [-0.05, 0) is 155 Å². The highest BCUT2D eigenvalue weighted by Crippen LogP contribution is 2.54. The topological polar surface area (TPSA) is 6.48 Å². The third-order valence-corrected chi connectivity index (χ3v) is 16.0. The summed E-state index contributed by atoms with van der Waals surface area (Å²) >= 11 is 0. The van der Waals surface area contributed by atoms with E-state index in [4.69, 9.17) is 0 Å². The number of rotatable bonds is 5. The highest BCUT2D eigenvalue weighted by Gasteiger charge is 2.48. The minimum atomic E-state index is -0.0839. The van der Waals surface area contributed by atoms with Crippen LogP contribution < -0.4 is 26.2 Å². The lowest BCUT2D eigenvalue weighted by molar-refractivity contribution is 0.332.